The second kappa shape index (κ2) is 6.42. The van der Waals surface area contributed by atoms with Gasteiger partial charge in [0.2, 0.25) is 0 Å². The first-order valence-electron chi connectivity index (χ1n) is 8.27. The summed E-state index contributed by atoms with van der Waals surface area (Å²) in [4.78, 5) is 11.9. The fraction of sp³-hybridized carbons (Fsp3) is 0.318. The van der Waals surface area contributed by atoms with E-state index in [2.05, 4.69) is 31.0 Å². The molecule has 0 saturated heterocycles. The Morgan fingerprint density at radius 3 is 2.83 bits per heavy atom. The lowest BCUT2D eigenvalue weighted by Gasteiger charge is -2.21. The number of hydrogen-bond acceptors (Lipinski definition) is 1. The molecule has 0 N–H and O–H groups in total. The van der Waals surface area contributed by atoms with Gasteiger partial charge >= 0.3 is 0 Å². The summed E-state index contributed by atoms with van der Waals surface area (Å²) >= 11 is 0. The van der Waals surface area contributed by atoms with E-state index in [1.807, 2.05) is 18.2 Å². The summed E-state index contributed by atoms with van der Waals surface area (Å²) in [5.74, 6) is 3.00. The molecule has 0 saturated carbocycles. The fourth-order valence-electron chi connectivity index (χ4n) is 3.79. The molecule has 116 valence electrons. The Labute approximate surface area is 138 Å². The van der Waals surface area contributed by atoms with Crippen LogP contribution >= 0.6 is 0 Å². The van der Waals surface area contributed by atoms with E-state index in [1.165, 1.54) is 35.1 Å². The molecule has 0 bridgehead atoms. The molecular weight excluding hydrogens is 280 g/mol. The Hall–Kier alpha value is -2.33. The predicted molar refractivity (Wildman–Crippen MR) is 94.7 cm³/mol. The molecule has 0 radical (unpaired) electrons. The Balaban J connectivity index is 2.10. The molecule has 23 heavy (non-hydrogen) atoms. The molecule has 2 aromatic carbocycles. The van der Waals surface area contributed by atoms with E-state index in [9.17, 15) is 4.79 Å². The van der Waals surface area contributed by atoms with Gasteiger partial charge in [-0.3, -0.25) is 4.79 Å². The topological polar surface area (TPSA) is 17.1 Å². The van der Waals surface area contributed by atoms with E-state index in [-0.39, 0.29) is 11.7 Å². The molecule has 0 heterocycles. The summed E-state index contributed by atoms with van der Waals surface area (Å²) < 4.78 is 0. The van der Waals surface area contributed by atoms with Gasteiger partial charge < -0.3 is 0 Å². The van der Waals surface area contributed by atoms with Crippen LogP contribution in [0.15, 0.2) is 36.4 Å². The lowest BCUT2D eigenvalue weighted by Crippen LogP contribution is -2.09. The van der Waals surface area contributed by atoms with Crippen molar-refractivity contribution in [2.75, 3.05) is 0 Å². The highest BCUT2D eigenvalue weighted by molar-refractivity contribution is 5.77. The number of benzene rings is 2. The number of carbonyl (C=O) groups excluding carboxylic acids is 1. The Morgan fingerprint density at radius 1 is 1.26 bits per heavy atom. The molecular formula is C22H22O. The van der Waals surface area contributed by atoms with Crippen LogP contribution in [-0.4, -0.2) is 5.78 Å². The first-order valence-corrected chi connectivity index (χ1v) is 8.27. The third-order valence-electron chi connectivity index (χ3n) is 4.93. The van der Waals surface area contributed by atoms with Gasteiger partial charge in [0.05, 0.1) is 0 Å². The van der Waals surface area contributed by atoms with Crippen LogP contribution in [0.1, 0.15) is 59.1 Å². The molecule has 1 aliphatic carbocycles. The normalized spacial score (nSPS) is 14.1. The molecule has 1 unspecified atom stereocenters. The van der Waals surface area contributed by atoms with Crippen LogP contribution in [0, 0.1) is 19.3 Å². The number of ketones is 1. The van der Waals surface area contributed by atoms with Crippen molar-refractivity contribution in [3.05, 3.63) is 69.8 Å². The zero-order chi connectivity index (χ0) is 16.4. The minimum Gasteiger partial charge on any atom is -0.300 e. The van der Waals surface area contributed by atoms with Gasteiger partial charge in [-0.2, -0.15) is 0 Å². The van der Waals surface area contributed by atoms with Crippen molar-refractivity contribution in [1.29, 1.82) is 0 Å². The molecule has 0 fully saturated rings. The highest BCUT2D eigenvalue weighted by atomic mass is 16.1. The number of fused-ring (bicyclic) bond motifs is 1. The van der Waals surface area contributed by atoms with Crippen molar-refractivity contribution < 1.29 is 4.79 Å². The van der Waals surface area contributed by atoms with Crippen LogP contribution < -0.4 is 0 Å². The SMILES string of the molecule is C#Cc1cccc(C(CC(C)=O)c2ccc3c(c2C)CCC3)c1. The van der Waals surface area contributed by atoms with E-state index >= 15 is 0 Å². The van der Waals surface area contributed by atoms with Crippen molar-refractivity contribution in [3.8, 4) is 12.3 Å². The van der Waals surface area contributed by atoms with E-state index < -0.39 is 0 Å². The maximum absolute atomic E-state index is 11.9. The zero-order valence-corrected chi connectivity index (χ0v) is 13.9. The summed E-state index contributed by atoms with van der Waals surface area (Å²) in [7, 11) is 0. The summed E-state index contributed by atoms with van der Waals surface area (Å²) in [5.41, 5.74) is 7.60. The van der Waals surface area contributed by atoms with Crippen molar-refractivity contribution >= 4 is 5.78 Å². The second-order valence-corrected chi connectivity index (χ2v) is 6.50. The van der Waals surface area contributed by atoms with Crippen LogP contribution in [-0.2, 0) is 17.6 Å². The lowest BCUT2D eigenvalue weighted by molar-refractivity contribution is -0.117. The van der Waals surface area contributed by atoms with Gasteiger partial charge in [-0.05, 0) is 73.1 Å². The maximum Gasteiger partial charge on any atom is 0.130 e. The van der Waals surface area contributed by atoms with Crippen LogP contribution in [0.5, 0.6) is 0 Å². The molecule has 1 nitrogen and oxygen atoms in total. The van der Waals surface area contributed by atoms with E-state index in [1.54, 1.807) is 6.92 Å². The lowest BCUT2D eigenvalue weighted by atomic mass is 9.82. The maximum atomic E-state index is 11.9. The summed E-state index contributed by atoms with van der Waals surface area (Å²) in [6.07, 6.45) is 9.65. The van der Waals surface area contributed by atoms with Crippen LogP contribution in [0.2, 0.25) is 0 Å². The third kappa shape index (κ3) is 3.08. The summed E-state index contributed by atoms with van der Waals surface area (Å²) in [6.45, 7) is 3.87. The molecule has 0 spiro atoms. The molecule has 0 aromatic heterocycles. The first-order chi connectivity index (χ1) is 11.1. The molecule has 1 aliphatic rings. The molecule has 2 aromatic rings. The molecule has 0 amide bonds. The summed E-state index contributed by atoms with van der Waals surface area (Å²) in [6, 6.07) is 12.5. The number of terminal acetylenes is 1. The van der Waals surface area contributed by atoms with E-state index in [0.29, 0.717) is 6.42 Å². The smallest absolute Gasteiger partial charge is 0.130 e. The first kappa shape index (κ1) is 15.6. The molecule has 1 atom stereocenters. The fourth-order valence-corrected chi connectivity index (χ4v) is 3.79. The number of rotatable bonds is 4. The number of aryl methyl sites for hydroxylation is 1. The van der Waals surface area contributed by atoms with Gasteiger partial charge in [0, 0.05) is 17.9 Å². The number of hydrogen-bond donors (Lipinski definition) is 0. The second-order valence-electron chi connectivity index (χ2n) is 6.50. The van der Waals surface area contributed by atoms with Crippen molar-refractivity contribution in [2.24, 2.45) is 0 Å². The van der Waals surface area contributed by atoms with Gasteiger partial charge in [-0.25, -0.2) is 0 Å². The van der Waals surface area contributed by atoms with Crippen molar-refractivity contribution in [3.63, 3.8) is 0 Å². The number of carbonyl (C=O) groups is 1. The number of Topliss-reactive ketones (excluding diaryl/α,β-unsaturated/α-hetero) is 1. The Morgan fingerprint density at radius 2 is 2.09 bits per heavy atom. The third-order valence-corrected chi connectivity index (χ3v) is 4.93. The molecule has 3 rings (SSSR count). The molecule has 1 heteroatoms. The highest BCUT2D eigenvalue weighted by Crippen LogP contribution is 2.36. The Bertz CT molecular complexity index is 792. The standard InChI is InChI=1S/C22H22O/c1-4-17-7-5-9-19(14-17)22(13-15(2)23)21-12-11-18-8-6-10-20(18)16(21)3/h1,5,7,9,11-12,14,22H,6,8,10,13H2,2-3H3. The van der Waals surface area contributed by atoms with Crippen LogP contribution in [0.25, 0.3) is 0 Å². The quantitative estimate of drug-likeness (QED) is 0.756. The monoisotopic (exact) mass is 302 g/mol. The van der Waals surface area contributed by atoms with Gasteiger partial charge in [0.15, 0.2) is 0 Å². The van der Waals surface area contributed by atoms with Crippen LogP contribution in [0.4, 0.5) is 0 Å². The zero-order valence-electron chi connectivity index (χ0n) is 13.9. The van der Waals surface area contributed by atoms with Gasteiger partial charge in [-0.15, -0.1) is 6.42 Å². The summed E-state index contributed by atoms with van der Waals surface area (Å²) in [5, 5.41) is 0. The van der Waals surface area contributed by atoms with Crippen molar-refractivity contribution in [2.45, 2.75) is 45.4 Å². The van der Waals surface area contributed by atoms with Gasteiger partial charge in [0.25, 0.3) is 0 Å². The van der Waals surface area contributed by atoms with Crippen molar-refractivity contribution in [1.82, 2.24) is 0 Å². The van der Waals surface area contributed by atoms with Crippen LogP contribution in [0.3, 0.4) is 0 Å². The largest absolute Gasteiger partial charge is 0.300 e. The average molecular weight is 302 g/mol. The van der Waals surface area contributed by atoms with E-state index in [4.69, 9.17) is 6.42 Å². The molecule has 0 aliphatic heterocycles. The minimum atomic E-state index is 0.0895. The van der Waals surface area contributed by atoms with E-state index in [0.717, 1.165) is 17.5 Å². The average Bonchev–Trinajstić information content (AvgIpc) is 3.03. The van der Waals surface area contributed by atoms with Gasteiger partial charge in [0.1, 0.15) is 5.78 Å². The van der Waals surface area contributed by atoms with Gasteiger partial charge in [-0.1, -0.05) is 30.2 Å². The Kier molecular flexibility index (Phi) is 4.35. The predicted octanol–water partition coefficient (Wildman–Crippen LogP) is 4.58. The minimum absolute atomic E-state index is 0.0895. The highest BCUT2D eigenvalue weighted by Gasteiger charge is 2.22.